The minimum Gasteiger partial charge on any atom is -0.505 e. The van der Waals surface area contributed by atoms with Crippen LogP contribution in [0.25, 0.3) is 33.2 Å². The fourth-order valence-corrected chi connectivity index (χ4v) is 3.30. The molecule has 6 N–H and O–H groups in total. The molecule has 4 rings (SSSR count). The third-order valence-corrected chi connectivity index (χ3v) is 4.61. The van der Waals surface area contributed by atoms with E-state index in [1.54, 1.807) is 24.3 Å². The van der Waals surface area contributed by atoms with E-state index in [0.717, 1.165) is 5.39 Å². The van der Waals surface area contributed by atoms with E-state index < -0.39 is 0 Å². The van der Waals surface area contributed by atoms with Crippen LogP contribution in [0.15, 0.2) is 48.5 Å². The lowest BCUT2D eigenvalue weighted by Gasteiger charge is -2.15. The van der Waals surface area contributed by atoms with Crippen LogP contribution in [0.5, 0.6) is 11.5 Å². The minimum atomic E-state index is -0.164. The molecule has 0 atom stereocenters. The number of nitrogen functional groups attached to an aromatic ring is 2. The van der Waals surface area contributed by atoms with Crippen molar-refractivity contribution in [3.63, 3.8) is 0 Å². The first-order valence-corrected chi connectivity index (χ1v) is 8.34. The number of fused-ring (bicyclic) bond motifs is 1. The zero-order valence-corrected chi connectivity index (χ0v) is 14.6. The summed E-state index contributed by atoms with van der Waals surface area (Å²) in [4.78, 5) is 0. The van der Waals surface area contributed by atoms with Crippen LogP contribution in [0.1, 0.15) is 0 Å². The number of benzene rings is 3. The molecule has 1 aromatic heterocycles. The Morgan fingerprint density at radius 2 is 1.59 bits per heavy atom. The van der Waals surface area contributed by atoms with Crippen LogP contribution < -0.4 is 11.5 Å². The molecule has 0 fully saturated rings. The highest BCUT2D eigenvalue weighted by atomic mass is 35.5. The van der Waals surface area contributed by atoms with Crippen molar-refractivity contribution in [1.82, 2.24) is 15.4 Å². The average Bonchev–Trinajstić information content (AvgIpc) is 2.65. The Labute approximate surface area is 158 Å². The van der Waals surface area contributed by atoms with Gasteiger partial charge in [0, 0.05) is 5.56 Å². The Hall–Kier alpha value is -3.58. The zero-order chi connectivity index (χ0) is 19.1. The molecule has 134 valence electrons. The van der Waals surface area contributed by atoms with Crippen LogP contribution in [0.2, 0.25) is 5.15 Å². The summed E-state index contributed by atoms with van der Waals surface area (Å²) < 4.78 is 0. The second-order valence-electron chi connectivity index (χ2n) is 5.96. The number of aromatic nitrogens is 3. The van der Waals surface area contributed by atoms with Gasteiger partial charge in [0.2, 0.25) is 0 Å². The monoisotopic (exact) mass is 379 g/mol. The smallest absolute Gasteiger partial charge is 0.163 e. The van der Waals surface area contributed by atoms with Crippen LogP contribution in [0.3, 0.4) is 0 Å². The van der Waals surface area contributed by atoms with Gasteiger partial charge >= 0.3 is 0 Å². The number of anilines is 2. The number of para-hydroxylation sites is 1. The topological polar surface area (TPSA) is 131 Å². The van der Waals surface area contributed by atoms with Crippen molar-refractivity contribution >= 4 is 33.7 Å². The molecule has 0 unspecified atom stereocenters. The maximum absolute atomic E-state index is 10.7. The molecule has 0 spiro atoms. The summed E-state index contributed by atoms with van der Waals surface area (Å²) in [5.74, 6) is -0.321. The largest absolute Gasteiger partial charge is 0.505 e. The first-order chi connectivity index (χ1) is 13.0. The number of aromatic hydroxyl groups is 2. The number of rotatable bonds is 2. The third-order valence-electron chi connectivity index (χ3n) is 4.35. The highest BCUT2D eigenvalue weighted by molar-refractivity contribution is 6.33. The van der Waals surface area contributed by atoms with Gasteiger partial charge in [0.05, 0.1) is 22.5 Å². The van der Waals surface area contributed by atoms with Crippen molar-refractivity contribution in [1.29, 1.82) is 0 Å². The highest BCUT2D eigenvalue weighted by Crippen LogP contribution is 2.46. The standard InChI is InChI=1S/C19H14ClN5O2/c20-19-15(11-6-3-7-12(21)17(11)26)16(23-25-24-19)14-10-5-2-1-4-9(10)8-13(22)18(14)27/h1-8,26-27H,21-22H2. The SMILES string of the molecule is Nc1cccc(-c2c(Cl)nnnc2-c2c(O)c(N)cc3ccccc23)c1O. The van der Waals surface area contributed by atoms with Crippen molar-refractivity contribution < 1.29 is 10.2 Å². The number of nitrogens with two attached hydrogens (primary N) is 2. The van der Waals surface area contributed by atoms with Crippen LogP contribution in [0, 0.1) is 0 Å². The van der Waals surface area contributed by atoms with Crippen LogP contribution in [0.4, 0.5) is 11.4 Å². The molecule has 1 heterocycles. The molecule has 8 heteroatoms. The molecule has 0 aliphatic carbocycles. The molecule has 0 aliphatic heterocycles. The Kier molecular flexibility index (Phi) is 3.93. The second-order valence-corrected chi connectivity index (χ2v) is 6.32. The molecule has 0 radical (unpaired) electrons. The number of hydrogen-bond donors (Lipinski definition) is 4. The number of nitrogens with zero attached hydrogens (tertiary/aromatic N) is 3. The average molecular weight is 380 g/mol. The molecular formula is C19H14ClN5O2. The number of phenols is 2. The van der Waals surface area contributed by atoms with Gasteiger partial charge in [-0.2, -0.15) is 0 Å². The van der Waals surface area contributed by atoms with Gasteiger partial charge in [-0.1, -0.05) is 48.0 Å². The van der Waals surface area contributed by atoms with Crippen molar-refractivity contribution in [2.24, 2.45) is 0 Å². The van der Waals surface area contributed by atoms with Crippen molar-refractivity contribution in [3.05, 3.63) is 53.7 Å². The van der Waals surface area contributed by atoms with Crippen LogP contribution >= 0.6 is 11.6 Å². The number of phenolic OH excluding ortho intramolecular Hbond substituents is 2. The quantitative estimate of drug-likeness (QED) is 0.309. The lowest BCUT2D eigenvalue weighted by atomic mass is 9.94. The molecule has 0 bridgehead atoms. The van der Waals surface area contributed by atoms with Crippen molar-refractivity contribution in [2.75, 3.05) is 11.5 Å². The van der Waals surface area contributed by atoms with E-state index >= 15 is 0 Å². The van der Waals surface area contributed by atoms with Crippen LogP contribution in [-0.4, -0.2) is 25.6 Å². The van der Waals surface area contributed by atoms with Crippen molar-refractivity contribution in [2.45, 2.75) is 0 Å². The van der Waals surface area contributed by atoms with Gasteiger partial charge in [-0.15, -0.1) is 10.2 Å². The lowest BCUT2D eigenvalue weighted by molar-refractivity contribution is 0.478. The molecular weight excluding hydrogens is 366 g/mol. The van der Waals surface area contributed by atoms with Gasteiger partial charge in [-0.05, 0) is 28.1 Å². The fourth-order valence-electron chi connectivity index (χ4n) is 3.08. The van der Waals surface area contributed by atoms with Gasteiger partial charge in [0.25, 0.3) is 0 Å². The lowest BCUT2D eigenvalue weighted by Crippen LogP contribution is -2.00. The second kappa shape index (κ2) is 6.30. The Morgan fingerprint density at radius 3 is 2.41 bits per heavy atom. The van der Waals surface area contributed by atoms with E-state index in [9.17, 15) is 10.2 Å². The van der Waals surface area contributed by atoms with Gasteiger partial charge in [-0.3, -0.25) is 0 Å². The Bertz CT molecular complexity index is 1200. The molecule has 0 aliphatic rings. The zero-order valence-electron chi connectivity index (χ0n) is 13.9. The summed E-state index contributed by atoms with van der Waals surface area (Å²) >= 11 is 6.30. The van der Waals surface area contributed by atoms with Gasteiger partial charge < -0.3 is 21.7 Å². The third kappa shape index (κ3) is 2.65. The summed E-state index contributed by atoms with van der Waals surface area (Å²) in [7, 11) is 0. The van der Waals surface area contributed by atoms with Gasteiger partial charge in [0.1, 0.15) is 17.2 Å². The predicted octanol–water partition coefficient (Wildman–Crippen LogP) is 3.59. The summed E-state index contributed by atoms with van der Waals surface area (Å²) in [6.07, 6.45) is 0. The van der Waals surface area contributed by atoms with E-state index in [-0.39, 0.29) is 33.7 Å². The summed E-state index contributed by atoms with van der Waals surface area (Å²) in [6, 6.07) is 13.9. The molecule has 4 aromatic rings. The van der Waals surface area contributed by atoms with E-state index in [1.165, 1.54) is 0 Å². The maximum Gasteiger partial charge on any atom is 0.163 e. The predicted molar refractivity (Wildman–Crippen MR) is 105 cm³/mol. The normalized spacial score (nSPS) is 11.0. The Morgan fingerprint density at radius 1 is 0.815 bits per heavy atom. The molecule has 0 saturated heterocycles. The highest BCUT2D eigenvalue weighted by Gasteiger charge is 2.23. The molecule has 0 amide bonds. The Balaban J connectivity index is 2.15. The summed E-state index contributed by atoms with van der Waals surface area (Å²) in [6.45, 7) is 0. The first-order valence-electron chi connectivity index (χ1n) is 7.96. The van der Waals surface area contributed by atoms with Gasteiger partial charge in [-0.25, -0.2) is 0 Å². The number of halogens is 1. The van der Waals surface area contributed by atoms with Gasteiger partial charge in [0.15, 0.2) is 5.15 Å². The summed E-state index contributed by atoms with van der Waals surface area (Å²) in [5.41, 5.74) is 13.4. The van der Waals surface area contributed by atoms with Crippen LogP contribution in [-0.2, 0) is 0 Å². The van der Waals surface area contributed by atoms with E-state index in [1.807, 2.05) is 24.3 Å². The molecule has 3 aromatic carbocycles. The first kappa shape index (κ1) is 16.9. The van der Waals surface area contributed by atoms with E-state index in [0.29, 0.717) is 22.1 Å². The van der Waals surface area contributed by atoms with E-state index in [4.69, 9.17) is 23.1 Å². The number of hydrogen-bond acceptors (Lipinski definition) is 7. The molecule has 27 heavy (non-hydrogen) atoms. The summed E-state index contributed by atoms with van der Waals surface area (Å²) in [5, 5.41) is 34.2. The van der Waals surface area contributed by atoms with E-state index in [2.05, 4.69) is 15.4 Å². The maximum atomic E-state index is 10.7. The molecule has 7 nitrogen and oxygen atoms in total. The fraction of sp³-hybridized carbons (Fsp3) is 0. The van der Waals surface area contributed by atoms with Crippen molar-refractivity contribution in [3.8, 4) is 33.9 Å². The minimum absolute atomic E-state index is 0.00630. The molecule has 0 saturated carbocycles.